The van der Waals surface area contributed by atoms with Crippen LogP contribution in [0.4, 0.5) is 0 Å². The molecule has 0 radical (unpaired) electrons. The molecule has 0 spiro atoms. The number of benzene rings is 1. The second-order valence-electron chi connectivity index (χ2n) is 5.98. The van der Waals surface area contributed by atoms with Crippen molar-refractivity contribution in [2.24, 2.45) is 0 Å². The van der Waals surface area contributed by atoms with E-state index in [2.05, 4.69) is 19.8 Å². The van der Waals surface area contributed by atoms with Crippen LogP contribution in [0, 0.1) is 0 Å². The molecule has 0 saturated heterocycles. The fourth-order valence-electron chi connectivity index (χ4n) is 2.31. The molecule has 3 rings (SSSR count). The molecule has 12 heteroatoms. The average Bonchev–Trinajstić information content (AvgIpc) is 3.21. The van der Waals surface area contributed by atoms with Crippen LogP contribution < -0.4 is 4.72 Å². The van der Waals surface area contributed by atoms with Crippen LogP contribution in [0.25, 0.3) is 11.4 Å². The second-order valence-corrected chi connectivity index (χ2v) is 8.56. The predicted molar refractivity (Wildman–Crippen MR) is 108 cm³/mol. The summed E-state index contributed by atoms with van der Waals surface area (Å²) < 4.78 is 36.7. The van der Waals surface area contributed by atoms with E-state index in [1.165, 1.54) is 18.2 Å². The van der Waals surface area contributed by atoms with Crippen molar-refractivity contribution < 1.29 is 22.5 Å². The van der Waals surface area contributed by atoms with Gasteiger partial charge in [0, 0.05) is 24.4 Å². The fourth-order valence-corrected chi connectivity index (χ4v) is 3.67. The number of halogens is 2. The van der Waals surface area contributed by atoms with E-state index in [0.717, 1.165) is 5.56 Å². The third-order valence-electron chi connectivity index (χ3n) is 3.79. The van der Waals surface area contributed by atoms with Crippen LogP contribution in [0.5, 0.6) is 0 Å². The molecule has 2 aromatic heterocycles. The largest absolute Gasteiger partial charge is 0.465 e. The van der Waals surface area contributed by atoms with Crippen molar-refractivity contribution in [1.29, 1.82) is 0 Å². The molecule has 0 fully saturated rings. The lowest BCUT2D eigenvalue weighted by atomic mass is 10.3. The highest BCUT2D eigenvalue weighted by molar-refractivity contribution is 7.89. The number of pyridine rings is 1. The highest BCUT2D eigenvalue weighted by Crippen LogP contribution is 2.24. The average molecular weight is 471 g/mol. The molecule has 9 nitrogen and oxygen atoms in total. The summed E-state index contributed by atoms with van der Waals surface area (Å²) in [7, 11) is -3.92. The van der Waals surface area contributed by atoms with Gasteiger partial charge in [-0.2, -0.15) is 9.71 Å². The molecule has 0 bridgehead atoms. The Labute approximate surface area is 182 Å². The first-order valence-corrected chi connectivity index (χ1v) is 10.9. The molecule has 0 aliphatic carbocycles. The van der Waals surface area contributed by atoms with Crippen LogP contribution in [0.1, 0.15) is 12.3 Å². The van der Waals surface area contributed by atoms with E-state index in [4.69, 9.17) is 32.5 Å². The number of hydrogen-bond acceptors (Lipinski definition) is 8. The predicted octanol–water partition coefficient (Wildman–Crippen LogP) is 2.89. The van der Waals surface area contributed by atoms with Gasteiger partial charge in [-0.05, 0) is 36.8 Å². The number of carbonyl (C=O) groups is 1. The molecule has 0 saturated carbocycles. The van der Waals surface area contributed by atoms with E-state index in [9.17, 15) is 13.2 Å². The molecule has 1 aromatic carbocycles. The zero-order valence-corrected chi connectivity index (χ0v) is 17.7. The molecule has 0 aliphatic rings. The van der Waals surface area contributed by atoms with Crippen molar-refractivity contribution in [1.82, 2.24) is 19.8 Å². The Kier molecular flexibility index (Phi) is 7.38. The first kappa shape index (κ1) is 22.2. The quantitative estimate of drug-likeness (QED) is 0.373. The molecule has 0 unspecified atom stereocenters. The van der Waals surface area contributed by atoms with Gasteiger partial charge in [-0.1, -0.05) is 28.4 Å². The topological polar surface area (TPSA) is 124 Å². The first-order chi connectivity index (χ1) is 14.3. The zero-order chi connectivity index (χ0) is 21.6. The van der Waals surface area contributed by atoms with Gasteiger partial charge in [0.1, 0.15) is 6.54 Å². The van der Waals surface area contributed by atoms with E-state index >= 15 is 0 Å². The van der Waals surface area contributed by atoms with Crippen LogP contribution in [-0.4, -0.2) is 42.7 Å². The summed E-state index contributed by atoms with van der Waals surface area (Å²) >= 11 is 11.6. The number of hydrogen-bond donors (Lipinski definition) is 1. The van der Waals surface area contributed by atoms with Crippen molar-refractivity contribution >= 4 is 39.2 Å². The lowest BCUT2D eigenvalue weighted by molar-refractivity contribution is -0.142. The minimum absolute atomic E-state index is 0.0674. The number of esters is 1. The second kappa shape index (κ2) is 9.98. The Balaban J connectivity index is 1.41. The van der Waals surface area contributed by atoms with Crippen LogP contribution >= 0.6 is 23.2 Å². The molecule has 3 aromatic rings. The highest BCUT2D eigenvalue weighted by atomic mass is 35.5. The summed E-state index contributed by atoms with van der Waals surface area (Å²) in [5.74, 6) is 0.0947. The molecule has 30 heavy (non-hydrogen) atoms. The maximum atomic E-state index is 12.2. The van der Waals surface area contributed by atoms with Gasteiger partial charge in [-0.15, -0.1) is 0 Å². The van der Waals surface area contributed by atoms with Crippen LogP contribution in [-0.2, 0) is 26.0 Å². The van der Waals surface area contributed by atoms with Gasteiger partial charge in [-0.25, -0.2) is 8.42 Å². The number of aromatic nitrogens is 3. The van der Waals surface area contributed by atoms with Crippen molar-refractivity contribution in [3.05, 3.63) is 58.7 Å². The number of ether oxygens (including phenoxy) is 1. The van der Waals surface area contributed by atoms with E-state index < -0.39 is 22.5 Å². The van der Waals surface area contributed by atoms with Gasteiger partial charge in [-0.3, -0.25) is 9.78 Å². The van der Waals surface area contributed by atoms with Gasteiger partial charge in [0.05, 0.1) is 21.5 Å². The minimum Gasteiger partial charge on any atom is -0.465 e. The van der Waals surface area contributed by atoms with Gasteiger partial charge in [0.15, 0.2) is 0 Å². The van der Waals surface area contributed by atoms with E-state index in [1.807, 2.05) is 6.07 Å². The number of sulfonamides is 1. The van der Waals surface area contributed by atoms with Crippen molar-refractivity contribution in [3.8, 4) is 11.4 Å². The fraction of sp³-hybridized carbons (Fsp3) is 0.222. The summed E-state index contributed by atoms with van der Waals surface area (Å²) in [5, 5.41) is 4.19. The Hall–Kier alpha value is -2.53. The molecule has 1 N–H and O–H groups in total. The standard InChI is InChI=1S/C18H16Cl2N4O5S/c19-14-6-5-13(9-15(14)20)30(26,27)22-11-17(25)28-8-2-4-16-23-18(24-29-16)12-3-1-7-21-10-12/h1,3,5-7,9-10,22H,2,4,8,11H2. The van der Waals surface area contributed by atoms with Gasteiger partial charge in [0.25, 0.3) is 0 Å². The number of nitrogens with zero attached hydrogens (tertiary/aromatic N) is 3. The minimum atomic E-state index is -3.92. The van der Waals surface area contributed by atoms with E-state index in [-0.39, 0.29) is 21.5 Å². The number of rotatable bonds is 9. The molecule has 2 heterocycles. The SMILES string of the molecule is O=C(CNS(=O)(=O)c1ccc(Cl)c(Cl)c1)OCCCc1nc(-c2cccnc2)no1. The zero-order valence-electron chi connectivity index (χ0n) is 15.4. The Morgan fingerprint density at radius 2 is 2.03 bits per heavy atom. The lowest BCUT2D eigenvalue weighted by Crippen LogP contribution is -2.30. The monoisotopic (exact) mass is 470 g/mol. The smallest absolute Gasteiger partial charge is 0.321 e. The molecule has 158 valence electrons. The van der Waals surface area contributed by atoms with Gasteiger partial charge >= 0.3 is 5.97 Å². The Morgan fingerprint density at radius 1 is 1.20 bits per heavy atom. The van der Waals surface area contributed by atoms with Gasteiger partial charge < -0.3 is 9.26 Å². The molecule has 0 amide bonds. The number of nitrogens with one attached hydrogen (secondary N) is 1. The maximum Gasteiger partial charge on any atom is 0.321 e. The Morgan fingerprint density at radius 3 is 2.77 bits per heavy atom. The summed E-state index contributed by atoms with van der Waals surface area (Å²) in [5.41, 5.74) is 0.730. The first-order valence-electron chi connectivity index (χ1n) is 8.68. The number of aryl methyl sites for hydroxylation is 1. The van der Waals surface area contributed by atoms with Crippen molar-refractivity contribution in [3.63, 3.8) is 0 Å². The van der Waals surface area contributed by atoms with Crippen LogP contribution in [0.3, 0.4) is 0 Å². The molecule has 0 atom stereocenters. The summed E-state index contributed by atoms with van der Waals surface area (Å²) in [6.07, 6.45) is 4.09. The maximum absolute atomic E-state index is 12.2. The normalized spacial score (nSPS) is 11.4. The lowest BCUT2D eigenvalue weighted by Gasteiger charge is -2.08. The van der Waals surface area contributed by atoms with Crippen molar-refractivity contribution in [2.75, 3.05) is 13.2 Å². The number of carbonyl (C=O) groups excluding carboxylic acids is 1. The third kappa shape index (κ3) is 5.99. The molecule has 0 aliphatic heterocycles. The Bertz CT molecular complexity index is 1120. The summed E-state index contributed by atoms with van der Waals surface area (Å²) in [6, 6.07) is 7.41. The third-order valence-corrected chi connectivity index (χ3v) is 5.93. The van der Waals surface area contributed by atoms with Crippen LogP contribution in [0.15, 0.2) is 52.1 Å². The van der Waals surface area contributed by atoms with Crippen LogP contribution in [0.2, 0.25) is 10.0 Å². The molecular weight excluding hydrogens is 455 g/mol. The molecular formula is C18H16Cl2N4O5S. The van der Waals surface area contributed by atoms with Gasteiger partial charge in [0.2, 0.25) is 21.7 Å². The summed E-state index contributed by atoms with van der Waals surface area (Å²) in [4.78, 5) is 19.9. The highest BCUT2D eigenvalue weighted by Gasteiger charge is 2.17. The van der Waals surface area contributed by atoms with E-state index in [1.54, 1.807) is 18.5 Å². The van der Waals surface area contributed by atoms with Crippen molar-refractivity contribution in [2.45, 2.75) is 17.7 Å². The van der Waals surface area contributed by atoms with E-state index in [0.29, 0.717) is 24.6 Å². The summed E-state index contributed by atoms with van der Waals surface area (Å²) in [6.45, 7) is -0.452.